The second kappa shape index (κ2) is 7.28. The van der Waals surface area contributed by atoms with Crippen LogP contribution in [0.25, 0.3) is 0 Å². The smallest absolute Gasteiger partial charge is 0.335 e. The second-order valence-corrected chi connectivity index (χ2v) is 8.06. The molecule has 0 spiro atoms. The number of para-hydroxylation sites is 2. The third-order valence-electron chi connectivity index (χ3n) is 4.13. The summed E-state index contributed by atoms with van der Waals surface area (Å²) in [6.07, 6.45) is -1.04. The van der Waals surface area contributed by atoms with Crippen molar-refractivity contribution in [2.75, 3.05) is 21.9 Å². The Bertz CT molecular complexity index is 972. The number of ether oxygens (including phenoxy) is 1. The van der Waals surface area contributed by atoms with E-state index in [0.29, 0.717) is 17.1 Å². The largest absolute Gasteiger partial charge is 0.478 e. The summed E-state index contributed by atoms with van der Waals surface area (Å²) >= 11 is 0. The lowest BCUT2D eigenvalue weighted by Crippen LogP contribution is -2.49. The Morgan fingerprint density at radius 3 is 2.48 bits per heavy atom. The maximum atomic E-state index is 12.6. The molecular weight excluding hydrogens is 372 g/mol. The number of carbonyl (C=O) groups excluding carboxylic acids is 1. The number of carboxylic acid groups (broad SMARTS) is 1. The number of hydrogen-bond donors (Lipinski definition) is 2. The number of sulfonamides is 1. The van der Waals surface area contributed by atoms with Gasteiger partial charge in [0.15, 0.2) is 6.10 Å². The first-order valence-electron chi connectivity index (χ1n) is 8.22. The van der Waals surface area contributed by atoms with Crippen LogP contribution >= 0.6 is 0 Å². The van der Waals surface area contributed by atoms with Crippen LogP contribution in [0.15, 0.2) is 48.5 Å². The van der Waals surface area contributed by atoms with Gasteiger partial charge in [0.25, 0.3) is 5.91 Å². The van der Waals surface area contributed by atoms with Crippen molar-refractivity contribution in [2.45, 2.75) is 13.0 Å². The van der Waals surface area contributed by atoms with Crippen molar-refractivity contribution in [3.63, 3.8) is 0 Å². The number of nitrogens with one attached hydrogen (secondary N) is 1. The van der Waals surface area contributed by atoms with Gasteiger partial charge in [-0.25, -0.2) is 13.2 Å². The van der Waals surface area contributed by atoms with Gasteiger partial charge in [0.1, 0.15) is 5.75 Å². The summed E-state index contributed by atoms with van der Waals surface area (Å²) in [7, 11) is -3.58. The average Bonchev–Trinajstić information content (AvgIpc) is 2.67. The lowest BCUT2D eigenvalue weighted by molar-refractivity contribution is -0.122. The molecule has 0 saturated heterocycles. The van der Waals surface area contributed by atoms with Gasteiger partial charge in [-0.3, -0.25) is 9.10 Å². The SMILES string of the molecule is CCS(=O)(=O)N1CC(C(=O)Nc2ccc(C(=O)O)cc2)Oc2ccccc21. The van der Waals surface area contributed by atoms with E-state index in [0.717, 1.165) is 0 Å². The van der Waals surface area contributed by atoms with E-state index in [1.807, 2.05) is 0 Å². The van der Waals surface area contributed by atoms with E-state index in [4.69, 9.17) is 9.84 Å². The van der Waals surface area contributed by atoms with Gasteiger partial charge < -0.3 is 15.2 Å². The van der Waals surface area contributed by atoms with Crippen LogP contribution in [-0.2, 0) is 14.8 Å². The number of rotatable bonds is 5. The third-order valence-corrected chi connectivity index (χ3v) is 5.87. The molecular formula is C18H18N2O6S. The summed E-state index contributed by atoms with van der Waals surface area (Å²) < 4.78 is 31.7. The van der Waals surface area contributed by atoms with Crippen LogP contribution in [0.2, 0.25) is 0 Å². The number of fused-ring (bicyclic) bond motifs is 1. The Morgan fingerprint density at radius 2 is 1.85 bits per heavy atom. The van der Waals surface area contributed by atoms with Gasteiger partial charge in [-0.2, -0.15) is 0 Å². The molecule has 1 unspecified atom stereocenters. The molecule has 0 aromatic heterocycles. The number of carboxylic acids is 1. The fourth-order valence-corrected chi connectivity index (χ4v) is 3.80. The molecule has 2 aromatic rings. The normalized spacial score (nSPS) is 16.2. The van der Waals surface area contributed by atoms with Crippen molar-refractivity contribution in [2.24, 2.45) is 0 Å². The quantitative estimate of drug-likeness (QED) is 0.807. The Labute approximate surface area is 156 Å². The highest BCUT2D eigenvalue weighted by molar-refractivity contribution is 7.92. The third kappa shape index (κ3) is 3.87. The molecule has 3 rings (SSSR count). The van der Waals surface area contributed by atoms with Crippen LogP contribution in [0.1, 0.15) is 17.3 Å². The zero-order valence-electron chi connectivity index (χ0n) is 14.5. The topological polar surface area (TPSA) is 113 Å². The summed E-state index contributed by atoms with van der Waals surface area (Å²) in [4.78, 5) is 23.5. The molecule has 27 heavy (non-hydrogen) atoms. The minimum absolute atomic E-state index is 0.0936. The molecule has 8 nitrogen and oxygen atoms in total. The maximum Gasteiger partial charge on any atom is 0.335 e. The van der Waals surface area contributed by atoms with Crippen molar-refractivity contribution in [3.05, 3.63) is 54.1 Å². The average molecular weight is 390 g/mol. The standard InChI is InChI=1S/C18H18N2O6S/c1-2-27(24,25)20-11-16(26-15-6-4-3-5-14(15)20)17(21)19-13-9-7-12(8-10-13)18(22)23/h3-10,16H,2,11H2,1H3,(H,19,21)(H,22,23). The molecule has 0 radical (unpaired) electrons. The molecule has 1 amide bonds. The number of amides is 1. The minimum Gasteiger partial charge on any atom is -0.478 e. The van der Waals surface area contributed by atoms with E-state index in [-0.39, 0.29) is 17.9 Å². The number of carbonyl (C=O) groups is 2. The monoisotopic (exact) mass is 390 g/mol. The van der Waals surface area contributed by atoms with Crippen molar-refractivity contribution < 1.29 is 27.9 Å². The molecule has 0 fully saturated rings. The summed E-state index contributed by atoms with van der Waals surface area (Å²) in [6, 6.07) is 12.3. The van der Waals surface area contributed by atoms with Gasteiger partial charge in [-0.05, 0) is 43.3 Å². The second-order valence-electron chi connectivity index (χ2n) is 5.88. The van der Waals surface area contributed by atoms with E-state index >= 15 is 0 Å². The van der Waals surface area contributed by atoms with Crippen molar-refractivity contribution in [1.82, 2.24) is 0 Å². The van der Waals surface area contributed by atoms with Crippen LogP contribution in [0.3, 0.4) is 0 Å². The van der Waals surface area contributed by atoms with Gasteiger partial charge in [0.2, 0.25) is 10.0 Å². The van der Waals surface area contributed by atoms with E-state index in [1.165, 1.54) is 35.5 Å². The number of anilines is 2. The minimum atomic E-state index is -3.58. The van der Waals surface area contributed by atoms with Gasteiger partial charge in [-0.15, -0.1) is 0 Å². The summed E-state index contributed by atoms with van der Waals surface area (Å²) in [6.45, 7) is 1.39. The molecule has 2 N–H and O–H groups in total. The zero-order chi connectivity index (χ0) is 19.6. The molecule has 1 aliphatic heterocycles. The van der Waals surface area contributed by atoms with Gasteiger partial charge in [0.05, 0.1) is 23.5 Å². The molecule has 142 valence electrons. The van der Waals surface area contributed by atoms with Crippen molar-refractivity contribution in [1.29, 1.82) is 0 Å². The number of hydrogen-bond acceptors (Lipinski definition) is 5. The Hall–Kier alpha value is -3.07. The van der Waals surface area contributed by atoms with E-state index in [9.17, 15) is 18.0 Å². The summed E-state index contributed by atoms with van der Waals surface area (Å²) in [5, 5.41) is 11.5. The molecule has 9 heteroatoms. The van der Waals surface area contributed by atoms with E-state index in [2.05, 4.69) is 5.32 Å². The fraction of sp³-hybridized carbons (Fsp3) is 0.222. The molecule has 2 aromatic carbocycles. The van der Waals surface area contributed by atoms with Gasteiger partial charge in [-0.1, -0.05) is 12.1 Å². The number of nitrogens with zero attached hydrogens (tertiary/aromatic N) is 1. The highest BCUT2D eigenvalue weighted by Crippen LogP contribution is 2.35. The molecule has 0 saturated carbocycles. The van der Waals surface area contributed by atoms with Crippen LogP contribution in [-0.4, -0.2) is 43.8 Å². The number of aromatic carboxylic acids is 1. The molecule has 1 heterocycles. The van der Waals surface area contributed by atoms with E-state index in [1.54, 1.807) is 24.3 Å². The highest BCUT2D eigenvalue weighted by atomic mass is 32.2. The first kappa shape index (κ1) is 18.7. The van der Waals surface area contributed by atoms with Crippen molar-refractivity contribution >= 4 is 33.3 Å². The maximum absolute atomic E-state index is 12.6. The Morgan fingerprint density at radius 1 is 1.19 bits per heavy atom. The summed E-state index contributed by atoms with van der Waals surface area (Å²) in [5.41, 5.74) is 0.877. The van der Waals surface area contributed by atoms with Crippen molar-refractivity contribution in [3.8, 4) is 5.75 Å². The predicted octanol–water partition coefficient (Wildman–Crippen LogP) is 1.94. The predicted molar refractivity (Wildman–Crippen MR) is 99.7 cm³/mol. The van der Waals surface area contributed by atoms with Gasteiger partial charge in [0, 0.05) is 5.69 Å². The summed E-state index contributed by atoms with van der Waals surface area (Å²) in [5.74, 6) is -1.39. The highest BCUT2D eigenvalue weighted by Gasteiger charge is 2.35. The van der Waals surface area contributed by atoms with Crippen LogP contribution in [0.5, 0.6) is 5.75 Å². The fourth-order valence-electron chi connectivity index (χ4n) is 2.68. The number of benzene rings is 2. The van der Waals surface area contributed by atoms with Gasteiger partial charge >= 0.3 is 5.97 Å². The Balaban J connectivity index is 1.82. The zero-order valence-corrected chi connectivity index (χ0v) is 15.3. The first-order chi connectivity index (χ1) is 12.8. The van der Waals surface area contributed by atoms with E-state index < -0.39 is 28.0 Å². The van der Waals surface area contributed by atoms with Crippen LogP contribution in [0, 0.1) is 0 Å². The molecule has 0 aliphatic carbocycles. The molecule has 1 aliphatic rings. The van der Waals surface area contributed by atoms with Crippen LogP contribution < -0.4 is 14.4 Å². The molecule has 0 bridgehead atoms. The lowest BCUT2D eigenvalue weighted by atomic mass is 10.2. The first-order valence-corrected chi connectivity index (χ1v) is 9.83. The molecule has 1 atom stereocenters. The van der Waals surface area contributed by atoms with Crippen LogP contribution in [0.4, 0.5) is 11.4 Å². The lowest BCUT2D eigenvalue weighted by Gasteiger charge is -2.34. The Kier molecular flexibility index (Phi) is 5.04.